The van der Waals surface area contributed by atoms with Crippen molar-refractivity contribution in [3.63, 3.8) is 0 Å². The Morgan fingerprint density at radius 3 is 2.45 bits per heavy atom. The van der Waals surface area contributed by atoms with Crippen molar-refractivity contribution in [2.24, 2.45) is 5.73 Å². The quantitative estimate of drug-likeness (QED) is 0.753. The van der Waals surface area contributed by atoms with Crippen LogP contribution < -0.4 is 16.4 Å². The van der Waals surface area contributed by atoms with Gasteiger partial charge in [0.05, 0.1) is 0 Å². The third-order valence-electron chi connectivity index (χ3n) is 4.06. The zero-order valence-corrected chi connectivity index (χ0v) is 13.0. The number of aromatic nitrogens is 1. The van der Waals surface area contributed by atoms with Crippen molar-refractivity contribution < 1.29 is 9.59 Å². The van der Waals surface area contributed by atoms with Gasteiger partial charge in [-0.25, -0.2) is 0 Å². The largest absolute Gasteiger partial charge is 0.353 e. The predicted octanol–water partition coefficient (Wildman–Crippen LogP) is 0.896. The maximum absolute atomic E-state index is 12.3. The van der Waals surface area contributed by atoms with Crippen molar-refractivity contribution in [1.82, 2.24) is 15.6 Å². The molecule has 0 unspecified atom stereocenters. The van der Waals surface area contributed by atoms with Crippen molar-refractivity contribution >= 4 is 11.8 Å². The molecule has 0 atom stereocenters. The molecule has 6 nitrogen and oxygen atoms in total. The number of aryl methyl sites for hydroxylation is 1. The van der Waals surface area contributed by atoms with E-state index in [0.29, 0.717) is 18.5 Å². The first-order valence-corrected chi connectivity index (χ1v) is 7.81. The summed E-state index contributed by atoms with van der Waals surface area (Å²) in [6.07, 6.45) is 7.22. The lowest BCUT2D eigenvalue weighted by Gasteiger charge is -2.29. The highest BCUT2D eigenvalue weighted by molar-refractivity contribution is 5.95. The second kappa shape index (κ2) is 7.89. The van der Waals surface area contributed by atoms with Crippen LogP contribution >= 0.6 is 0 Å². The van der Waals surface area contributed by atoms with Gasteiger partial charge in [0, 0.05) is 43.0 Å². The van der Waals surface area contributed by atoms with Crippen molar-refractivity contribution in [3.05, 3.63) is 29.6 Å². The van der Waals surface area contributed by atoms with Gasteiger partial charge >= 0.3 is 0 Å². The van der Waals surface area contributed by atoms with Crippen molar-refractivity contribution in [1.29, 1.82) is 0 Å². The summed E-state index contributed by atoms with van der Waals surface area (Å²) in [5.74, 6) is -0.0297. The normalized spacial score (nSPS) is 21.2. The fourth-order valence-electron chi connectivity index (χ4n) is 2.80. The molecule has 22 heavy (non-hydrogen) atoms. The summed E-state index contributed by atoms with van der Waals surface area (Å²) in [6.45, 7) is 2.26. The summed E-state index contributed by atoms with van der Waals surface area (Å²) >= 11 is 0. The first-order valence-electron chi connectivity index (χ1n) is 7.81. The van der Waals surface area contributed by atoms with Crippen LogP contribution in [0.25, 0.3) is 0 Å². The summed E-state index contributed by atoms with van der Waals surface area (Å²) < 4.78 is 0. The fraction of sp³-hybridized carbons (Fsp3) is 0.562. The van der Waals surface area contributed by atoms with Gasteiger partial charge in [-0.2, -0.15) is 0 Å². The van der Waals surface area contributed by atoms with Crippen LogP contribution in [-0.4, -0.2) is 35.4 Å². The van der Waals surface area contributed by atoms with E-state index >= 15 is 0 Å². The Labute approximate surface area is 130 Å². The van der Waals surface area contributed by atoms with Gasteiger partial charge in [-0.3, -0.25) is 14.6 Å². The number of hydrogen-bond donors (Lipinski definition) is 3. The molecule has 4 N–H and O–H groups in total. The molecule has 1 fully saturated rings. The maximum Gasteiger partial charge on any atom is 0.251 e. The number of rotatable bonds is 5. The molecule has 1 aliphatic rings. The molecule has 1 aromatic rings. The Balaban J connectivity index is 1.79. The third-order valence-corrected chi connectivity index (χ3v) is 4.06. The average Bonchev–Trinajstić information content (AvgIpc) is 2.50. The molecule has 2 rings (SSSR count). The lowest BCUT2D eigenvalue weighted by Crippen LogP contribution is -2.44. The molecule has 1 heterocycles. The number of nitrogens with zero attached hydrogens (tertiary/aromatic N) is 1. The smallest absolute Gasteiger partial charge is 0.251 e. The molecule has 0 radical (unpaired) electrons. The number of pyridine rings is 1. The van der Waals surface area contributed by atoms with Crippen LogP contribution in [0.1, 0.15) is 48.0 Å². The SMILES string of the molecule is Cc1cnccc1C(=O)NC1CCC(NC(=O)CCN)CC1. The summed E-state index contributed by atoms with van der Waals surface area (Å²) in [5, 5.41) is 6.07. The molecule has 120 valence electrons. The van der Waals surface area contributed by atoms with E-state index in [1.54, 1.807) is 18.5 Å². The molecule has 0 spiro atoms. The molecular weight excluding hydrogens is 280 g/mol. The summed E-state index contributed by atoms with van der Waals surface area (Å²) in [6, 6.07) is 2.11. The highest BCUT2D eigenvalue weighted by Crippen LogP contribution is 2.19. The lowest BCUT2D eigenvalue weighted by atomic mass is 9.90. The van der Waals surface area contributed by atoms with Gasteiger partial charge in [0.2, 0.25) is 5.91 Å². The summed E-state index contributed by atoms with van der Waals surface area (Å²) in [5.41, 5.74) is 6.92. The Hall–Kier alpha value is -1.95. The van der Waals surface area contributed by atoms with E-state index in [0.717, 1.165) is 31.2 Å². The molecule has 0 bridgehead atoms. The zero-order valence-electron chi connectivity index (χ0n) is 13.0. The second-order valence-corrected chi connectivity index (χ2v) is 5.82. The van der Waals surface area contributed by atoms with Gasteiger partial charge in [-0.15, -0.1) is 0 Å². The minimum absolute atomic E-state index is 0.0161. The van der Waals surface area contributed by atoms with Crippen molar-refractivity contribution in [2.75, 3.05) is 6.54 Å². The van der Waals surface area contributed by atoms with Gasteiger partial charge in [-0.05, 0) is 44.2 Å². The van der Waals surface area contributed by atoms with E-state index in [-0.39, 0.29) is 23.9 Å². The predicted molar refractivity (Wildman–Crippen MR) is 84.3 cm³/mol. The first kappa shape index (κ1) is 16.4. The molecule has 2 amide bonds. The van der Waals surface area contributed by atoms with Crippen LogP contribution in [0.2, 0.25) is 0 Å². The van der Waals surface area contributed by atoms with Crippen LogP contribution in [0.3, 0.4) is 0 Å². The Bertz CT molecular complexity index is 525. The van der Waals surface area contributed by atoms with E-state index in [4.69, 9.17) is 5.73 Å². The Kier molecular flexibility index (Phi) is 5.89. The van der Waals surface area contributed by atoms with Gasteiger partial charge in [0.15, 0.2) is 0 Å². The Morgan fingerprint density at radius 2 is 1.86 bits per heavy atom. The number of carbonyl (C=O) groups excluding carboxylic acids is 2. The van der Waals surface area contributed by atoms with Crippen LogP contribution in [0.5, 0.6) is 0 Å². The molecule has 0 aromatic carbocycles. The molecule has 1 aliphatic carbocycles. The highest BCUT2D eigenvalue weighted by Gasteiger charge is 2.24. The minimum Gasteiger partial charge on any atom is -0.353 e. The van der Waals surface area contributed by atoms with E-state index < -0.39 is 0 Å². The molecular formula is C16H24N4O2. The molecule has 1 saturated carbocycles. The van der Waals surface area contributed by atoms with E-state index in [9.17, 15) is 9.59 Å². The van der Waals surface area contributed by atoms with E-state index in [1.807, 2.05) is 6.92 Å². The number of nitrogens with one attached hydrogen (secondary N) is 2. The monoisotopic (exact) mass is 304 g/mol. The minimum atomic E-state index is -0.0458. The van der Waals surface area contributed by atoms with E-state index in [1.165, 1.54) is 0 Å². The van der Waals surface area contributed by atoms with Crippen molar-refractivity contribution in [3.8, 4) is 0 Å². The van der Waals surface area contributed by atoms with Crippen LogP contribution in [0.15, 0.2) is 18.5 Å². The number of nitrogens with two attached hydrogens (primary N) is 1. The maximum atomic E-state index is 12.3. The third kappa shape index (κ3) is 4.53. The van der Waals surface area contributed by atoms with Crippen LogP contribution in [-0.2, 0) is 4.79 Å². The van der Waals surface area contributed by atoms with Crippen molar-refractivity contribution in [2.45, 2.75) is 51.1 Å². The van der Waals surface area contributed by atoms with E-state index in [2.05, 4.69) is 15.6 Å². The molecule has 6 heteroatoms. The topological polar surface area (TPSA) is 97.1 Å². The first-order chi connectivity index (χ1) is 10.6. The van der Waals surface area contributed by atoms with Gasteiger partial charge in [0.25, 0.3) is 5.91 Å². The Morgan fingerprint density at radius 1 is 1.23 bits per heavy atom. The second-order valence-electron chi connectivity index (χ2n) is 5.82. The van der Waals surface area contributed by atoms with Gasteiger partial charge in [0.1, 0.15) is 0 Å². The standard InChI is InChI=1S/C16H24N4O2/c1-11-10-18-9-7-14(11)16(22)20-13-4-2-12(3-5-13)19-15(21)6-8-17/h7,9-10,12-13H,2-6,8,17H2,1H3,(H,19,21)(H,20,22). The molecule has 0 saturated heterocycles. The molecule has 0 aliphatic heterocycles. The lowest BCUT2D eigenvalue weighted by molar-refractivity contribution is -0.121. The van der Waals surface area contributed by atoms with Crippen LogP contribution in [0, 0.1) is 6.92 Å². The fourth-order valence-corrected chi connectivity index (χ4v) is 2.80. The molecule has 1 aromatic heterocycles. The number of amides is 2. The van der Waals surface area contributed by atoms with Gasteiger partial charge in [-0.1, -0.05) is 0 Å². The average molecular weight is 304 g/mol. The number of hydrogen-bond acceptors (Lipinski definition) is 4. The van der Waals surface area contributed by atoms with Crippen LogP contribution in [0.4, 0.5) is 0 Å². The zero-order chi connectivity index (χ0) is 15.9. The summed E-state index contributed by atoms with van der Waals surface area (Å²) in [4.78, 5) is 27.8. The number of carbonyl (C=O) groups is 2. The highest BCUT2D eigenvalue weighted by atomic mass is 16.2. The summed E-state index contributed by atoms with van der Waals surface area (Å²) in [7, 11) is 0. The van der Waals surface area contributed by atoms with Gasteiger partial charge < -0.3 is 16.4 Å².